The van der Waals surface area contributed by atoms with Gasteiger partial charge in [-0.3, -0.25) is 4.79 Å². The maximum atomic E-state index is 12.2. The largest absolute Gasteiger partial charge is 0.394 e. The number of aliphatic hydroxyl groups excluding tert-OH is 1. The predicted octanol–water partition coefficient (Wildman–Crippen LogP) is 2.58. The van der Waals surface area contributed by atoms with Gasteiger partial charge >= 0.3 is 0 Å². The van der Waals surface area contributed by atoms with Crippen molar-refractivity contribution in [3.63, 3.8) is 0 Å². The summed E-state index contributed by atoms with van der Waals surface area (Å²) in [6.07, 6.45) is 2.06. The van der Waals surface area contributed by atoms with E-state index in [-0.39, 0.29) is 12.5 Å². The van der Waals surface area contributed by atoms with Gasteiger partial charge in [0.15, 0.2) is 0 Å². The molecule has 1 heterocycles. The van der Waals surface area contributed by atoms with Crippen molar-refractivity contribution in [2.75, 3.05) is 6.61 Å². The SMILES string of the molecule is CCc1cc(C(=O)NC(CC)(CC)CO)cc(Cl)n1. The van der Waals surface area contributed by atoms with E-state index in [2.05, 4.69) is 10.3 Å². The van der Waals surface area contributed by atoms with Crippen LogP contribution in [0.25, 0.3) is 0 Å². The predicted molar refractivity (Wildman–Crippen MR) is 76.5 cm³/mol. The van der Waals surface area contributed by atoms with Crippen molar-refractivity contribution in [3.05, 3.63) is 28.5 Å². The fraction of sp³-hybridized carbons (Fsp3) is 0.571. The Hall–Kier alpha value is -1.13. The van der Waals surface area contributed by atoms with Crippen molar-refractivity contribution in [3.8, 4) is 0 Å². The molecule has 0 saturated heterocycles. The van der Waals surface area contributed by atoms with E-state index in [0.29, 0.717) is 30.0 Å². The van der Waals surface area contributed by atoms with E-state index in [9.17, 15) is 9.90 Å². The Morgan fingerprint density at radius 3 is 2.47 bits per heavy atom. The number of pyridine rings is 1. The molecule has 0 aliphatic rings. The summed E-state index contributed by atoms with van der Waals surface area (Å²) in [5, 5.41) is 12.7. The molecule has 1 rings (SSSR count). The molecular formula is C14H21ClN2O2. The fourth-order valence-corrected chi connectivity index (χ4v) is 2.09. The number of hydrogen-bond acceptors (Lipinski definition) is 3. The molecule has 0 aliphatic carbocycles. The number of nitrogens with one attached hydrogen (secondary N) is 1. The minimum absolute atomic E-state index is 0.0782. The van der Waals surface area contributed by atoms with Gasteiger partial charge in [-0.05, 0) is 31.4 Å². The molecule has 2 N–H and O–H groups in total. The molecule has 0 bridgehead atoms. The summed E-state index contributed by atoms with van der Waals surface area (Å²) < 4.78 is 0. The molecule has 0 aliphatic heterocycles. The molecule has 4 nitrogen and oxygen atoms in total. The van der Waals surface area contributed by atoms with Crippen LogP contribution < -0.4 is 5.32 Å². The maximum Gasteiger partial charge on any atom is 0.251 e. The number of carbonyl (C=O) groups is 1. The average molecular weight is 285 g/mol. The Balaban J connectivity index is 2.97. The number of hydrogen-bond donors (Lipinski definition) is 2. The van der Waals surface area contributed by atoms with E-state index in [1.54, 1.807) is 12.1 Å². The van der Waals surface area contributed by atoms with Gasteiger partial charge in [-0.25, -0.2) is 4.98 Å². The number of aliphatic hydroxyl groups is 1. The highest BCUT2D eigenvalue weighted by atomic mass is 35.5. The van der Waals surface area contributed by atoms with E-state index >= 15 is 0 Å². The van der Waals surface area contributed by atoms with E-state index in [0.717, 1.165) is 5.69 Å². The number of carbonyl (C=O) groups excluding carboxylic acids is 1. The number of halogens is 1. The minimum Gasteiger partial charge on any atom is -0.394 e. The highest BCUT2D eigenvalue weighted by Gasteiger charge is 2.27. The normalized spacial score (nSPS) is 11.4. The first-order chi connectivity index (χ1) is 9.00. The van der Waals surface area contributed by atoms with Crippen LogP contribution in [0.2, 0.25) is 5.15 Å². The number of amides is 1. The van der Waals surface area contributed by atoms with Crippen LogP contribution in [0.15, 0.2) is 12.1 Å². The summed E-state index contributed by atoms with van der Waals surface area (Å²) in [7, 11) is 0. The number of nitrogens with zero attached hydrogens (tertiary/aromatic N) is 1. The summed E-state index contributed by atoms with van der Waals surface area (Å²) in [6.45, 7) is 5.76. The van der Waals surface area contributed by atoms with E-state index in [4.69, 9.17) is 11.6 Å². The molecule has 0 fully saturated rings. The molecule has 0 saturated carbocycles. The highest BCUT2D eigenvalue weighted by molar-refractivity contribution is 6.29. The summed E-state index contributed by atoms with van der Waals surface area (Å²) in [6, 6.07) is 3.28. The third-order valence-electron chi connectivity index (χ3n) is 3.51. The van der Waals surface area contributed by atoms with Crippen LogP contribution in [-0.2, 0) is 6.42 Å². The first kappa shape index (κ1) is 15.9. The molecule has 1 aromatic rings. The first-order valence-corrected chi connectivity index (χ1v) is 6.97. The number of rotatable bonds is 6. The molecule has 106 valence electrons. The third kappa shape index (κ3) is 3.91. The molecule has 0 unspecified atom stereocenters. The molecule has 0 radical (unpaired) electrons. The molecule has 5 heteroatoms. The summed E-state index contributed by atoms with van der Waals surface area (Å²) in [5.74, 6) is -0.225. The zero-order valence-electron chi connectivity index (χ0n) is 11.7. The lowest BCUT2D eigenvalue weighted by Crippen LogP contribution is -2.50. The topological polar surface area (TPSA) is 62.2 Å². The van der Waals surface area contributed by atoms with Gasteiger partial charge in [0.05, 0.1) is 12.1 Å². The Kier molecular flexibility index (Phi) is 5.76. The Morgan fingerprint density at radius 2 is 2.00 bits per heavy atom. The lowest BCUT2D eigenvalue weighted by Gasteiger charge is -2.30. The fourth-order valence-electron chi connectivity index (χ4n) is 1.87. The van der Waals surface area contributed by atoms with Crippen LogP contribution in [0.4, 0.5) is 0 Å². The van der Waals surface area contributed by atoms with Crippen molar-refractivity contribution < 1.29 is 9.90 Å². The number of aromatic nitrogens is 1. The number of aryl methyl sites for hydroxylation is 1. The van der Waals surface area contributed by atoms with E-state index in [1.165, 1.54) is 0 Å². The van der Waals surface area contributed by atoms with Gasteiger partial charge in [-0.15, -0.1) is 0 Å². The molecule has 0 spiro atoms. The van der Waals surface area contributed by atoms with Crippen LogP contribution in [0.3, 0.4) is 0 Å². The van der Waals surface area contributed by atoms with Gasteiger partial charge in [0, 0.05) is 11.3 Å². The van der Waals surface area contributed by atoms with Crippen LogP contribution in [-0.4, -0.2) is 28.1 Å². The highest BCUT2D eigenvalue weighted by Crippen LogP contribution is 2.17. The van der Waals surface area contributed by atoms with Gasteiger partial charge in [0.25, 0.3) is 5.91 Å². The van der Waals surface area contributed by atoms with Crippen LogP contribution in [0.1, 0.15) is 49.7 Å². The van der Waals surface area contributed by atoms with Gasteiger partial charge in [-0.2, -0.15) is 0 Å². The van der Waals surface area contributed by atoms with E-state index < -0.39 is 5.54 Å². The maximum absolute atomic E-state index is 12.2. The van der Waals surface area contributed by atoms with Crippen molar-refractivity contribution >= 4 is 17.5 Å². The molecular weight excluding hydrogens is 264 g/mol. The average Bonchev–Trinajstić information content (AvgIpc) is 2.44. The lowest BCUT2D eigenvalue weighted by molar-refractivity contribution is 0.0817. The van der Waals surface area contributed by atoms with E-state index in [1.807, 2.05) is 20.8 Å². The van der Waals surface area contributed by atoms with Crippen molar-refractivity contribution in [2.45, 2.75) is 45.6 Å². The van der Waals surface area contributed by atoms with Gasteiger partial charge in [-0.1, -0.05) is 32.4 Å². The quantitative estimate of drug-likeness (QED) is 0.789. The molecule has 1 aromatic heterocycles. The Labute approximate surface area is 119 Å². The summed E-state index contributed by atoms with van der Waals surface area (Å²) >= 11 is 5.91. The second kappa shape index (κ2) is 6.87. The summed E-state index contributed by atoms with van der Waals surface area (Å²) in [4.78, 5) is 16.4. The standard InChI is InChI=1S/C14H21ClN2O2/c1-4-11-7-10(8-12(15)16-11)13(19)17-14(5-2,6-3)9-18/h7-8,18H,4-6,9H2,1-3H3,(H,17,19). The Morgan fingerprint density at radius 1 is 1.37 bits per heavy atom. The van der Waals surface area contributed by atoms with Gasteiger partial charge in [0.2, 0.25) is 0 Å². The van der Waals surface area contributed by atoms with Crippen molar-refractivity contribution in [1.82, 2.24) is 10.3 Å². The minimum atomic E-state index is -0.570. The van der Waals surface area contributed by atoms with Crippen molar-refractivity contribution in [2.24, 2.45) is 0 Å². The summed E-state index contributed by atoms with van der Waals surface area (Å²) in [5.41, 5.74) is 0.691. The van der Waals surface area contributed by atoms with Gasteiger partial charge in [0.1, 0.15) is 5.15 Å². The lowest BCUT2D eigenvalue weighted by atomic mass is 9.93. The molecule has 19 heavy (non-hydrogen) atoms. The van der Waals surface area contributed by atoms with Gasteiger partial charge < -0.3 is 10.4 Å². The molecule has 0 atom stereocenters. The Bertz CT molecular complexity index is 437. The third-order valence-corrected chi connectivity index (χ3v) is 3.70. The monoisotopic (exact) mass is 284 g/mol. The molecule has 1 amide bonds. The second-order valence-corrected chi connectivity index (χ2v) is 5.01. The molecule has 0 aromatic carbocycles. The first-order valence-electron chi connectivity index (χ1n) is 6.60. The zero-order chi connectivity index (χ0) is 14.5. The van der Waals surface area contributed by atoms with Crippen LogP contribution in [0.5, 0.6) is 0 Å². The van der Waals surface area contributed by atoms with Crippen molar-refractivity contribution in [1.29, 1.82) is 0 Å². The van der Waals surface area contributed by atoms with Crippen LogP contribution in [0, 0.1) is 0 Å². The second-order valence-electron chi connectivity index (χ2n) is 4.62. The smallest absolute Gasteiger partial charge is 0.251 e. The zero-order valence-corrected chi connectivity index (χ0v) is 12.4. The van der Waals surface area contributed by atoms with Crippen LogP contribution >= 0.6 is 11.6 Å².